The lowest BCUT2D eigenvalue weighted by atomic mass is 9.95. The van der Waals surface area contributed by atoms with E-state index < -0.39 is 0 Å². The molecule has 116 valence electrons. The number of hydrogen-bond acceptors (Lipinski definition) is 3. The van der Waals surface area contributed by atoms with Gasteiger partial charge in [-0.1, -0.05) is 26.3 Å². The fourth-order valence-electron chi connectivity index (χ4n) is 3.78. The summed E-state index contributed by atoms with van der Waals surface area (Å²) in [6, 6.07) is 5.15. The number of hydrogen-bond donors (Lipinski definition) is 0. The Bertz CT molecular complexity index is 434. The summed E-state index contributed by atoms with van der Waals surface area (Å²) < 4.78 is 0. The highest BCUT2D eigenvalue weighted by Crippen LogP contribution is 2.32. The number of piperidine rings is 1. The van der Waals surface area contributed by atoms with Gasteiger partial charge in [0.05, 0.1) is 0 Å². The fourth-order valence-corrected chi connectivity index (χ4v) is 3.78. The predicted molar refractivity (Wildman–Crippen MR) is 88.7 cm³/mol. The summed E-state index contributed by atoms with van der Waals surface area (Å²) in [6.45, 7) is 9.44. The largest absolute Gasteiger partial charge is 0.357 e. The fraction of sp³-hybridized carbons (Fsp3) is 0.722. The summed E-state index contributed by atoms with van der Waals surface area (Å²) in [7, 11) is 0. The van der Waals surface area contributed by atoms with Crippen molar-refractivity contribution < 1.29 is 0 Å². The van der Waals surface area contributed by atoms with Crippen LogP contribution in [0.3, 0.4) is 0 Å². The molecule has 3 heterocycles. The minimum absolute atomic E-state index is 0.585. The van der Waals surface area contributed by atoms with Gasteiger partial charge in [0, 0.05) is 31.9 Å². The SMILES string of the molecule is CC(C)CN1CCCCC1c1ccc(N2CCCC2)nc1. The number of likely N-dealkylation sites (tertiary alicyclic amines) is 1. The molecular weight excluding hydrogens is 258 g/mol. The van der Waals surface area contributed by atoms with E-state index in [1.807, 2.05) is 0 Å². The van der Waals surface area contributed by atoms with E-state index in [1.165, 1.54) is 69.7 Å². The molecule has 2 fully saturated rings. The van der Waals surface area contributed by atoms with E-state index in [4.69, 9.17) is 4.98 Å². The summed E-state index contributed by atoms with van der Waals surface area (Å²) in [5.41, 5.74) is 1.42. The van der Waals surface area contributed by atoms with Crippen molar-refractivity contribution >= 4 is 5.82 Å². The first-order valence-electron chi connectivity index (χ1n) is 8.69. The minimum Gasteiger partial charge on any atom is -0.357 e. The topological polar surface area (TPSA) is 19.4 Å². The first-order valence-corrected chi connectivity index (χ1v) is 8.69. The maximum absolute atomic E-state index is 4.75. The summed E-state index contributed by atoms with van der Waals surface area (Å²) in [5, 5.41) is 0. The van der Waals surface area contributed by atoms with Crippen molar-refractivity contribution in [1.82, 2.24) is 9.88 Å². The molecule has 2 aliphatic rings. The van der Waals surface area contributed by atoms with Crippen molar-refractivity contribution in [3.63, 3.8) is 0 Å². The Balaban J connectivity index is 1.71. The molecule has 2 aliphatic heterocycles. The molecule has 0 radical (unpaired) electrons. The van der Waals surface area contributed by atoms with Gasteiger partial charge in [-0.3, -0.25) is 4.90 Å². The highest BCUT2D eigenvalue weighted by atomic mass is 15.2. The average molecular weight is 287 g/mol. The van der Waals surface area contributed by atoms with Crippen LogP contribution in [0, 0.1) is 5.92 Å². The Morgan fingerprint density at radius 1 is 1.10 bits per heavy atom. The molecule has 0 spiro atoms. The van der Waals surface area contributed by atoms with Gasteiger partial charge >= 0.3 is 0 Å². The van der Waals surface area contributed by atoms with Gasteiger partial charge in [0.15, 0.2) is 0 Å². The summed E-state index contributed by atoms with van der Waals surface area (Å²) in [4.78, 5) is 9.83. The van der Waals surface area contributed by atoms with Gasteiger partial charge < -0.3 is 4.90 Å². The molecule has 1 atom stereocenters. The van der Waals surface area contributed by atoms with Crippen LogP contribution in [0.15, 0.2) is 18.3 Å². The molecule has 3 heteroatoms. The number of pyridine rings is 1. The second-order valence-electron chi connectivity index (χ2n) is 7.04. The molecule has 1 aromatic rings. The number of aromatic nitrogens is 1. The molecule has 0 N–H and O–H groups in total. The predicted octanol–water partition coefficient (Wildman–Crippen LogP) is 3.86. The van der Waals surface area contributed by atoms with E-state index in [-0.39, 0.29) is 0 Å². The quantitative estimate of drug-likeness (QED) is 0.838. The first kappa shape index (κ1) is 14.8. The van der Waals surface area contributed by atoms with Crippen LogP contribution in [-0.2, 0) is 0 Å². The minimum atomic E-state index is 0.585. The van der Waals surface area contributed by atoms with Crippen LogP contribution in [0.4, 0.5) is 5.82 Å². The zero-order chi connectivity index (χ0) is 14.7. The lowest BCUT2D eigenvalue weighted by molar-refractivity contribution is 0.132. The molecular formula is C18H29N3. The van der Waals surface area contributed by atoms with E-state index >= 15 is 0 Å². The molecule has 1 unspecified atom stereocenters. The van der Waals surface area contributed by atoms with Crippen molar-refractivity contribution in [2.24, 2.45) is 5.92 Å². The van der Waals surface area contributed by atoms with Gasteiger partial charge in [-0.2, -0.15) is 0 Å². The van der Waals surface area contributed by atoms with Gasteiger partial charge in [0.1, 0.15) is 5.82 Å². The Morgan fingerprint density at radius 2 is 1.86 bits per heavy atom. The molecule has 0 amide bonds. The maximum atomic E-state index is 4.75. The zero-order valence-electron chi connectivity index (χ0n) is 13.6. The molecule has 3 rings (SSSR count). The smallest absolute Gasteiger partial charge is 0.128 e. The van der Waals surface area contributed by atoms with Gasteiger partial charge in [-0.25, -0.2) is 4.98 Å². The van der Waals surface area contributed by atoms with Gasteiger partial charge in [-0.15, -0.1) is 0 Å². The van der Waals surface area contributed by atoms with Crippen molar-refractivity contribution in [2.45, 2.75) is 52.0 Å². The van der Waals surface area contributed by atoms with E-state index in [2.05, 4.69) is 42.0 Å². The lowest BCUT2D eigenvalue weighted by Crippen LogP contribution is -2.36. The molecule has 21 heavy (non-hydrogen) atoms. The third kappa shape index (κ3) is 3.57. The molecule has 0 saturated carbocycles. The van der Waals surface area contributed by atoms with Gasteiger partial charge in [0.2, 0.25) is 0 Å². The lowest BCUT2D eigenvalue weighted by Gasteiger charge is -2.37. The van der Waals surface area contributed by atoms with Crippen LogP contribution in [0.1, 0.15) is 57.6 Å². The molecule has 0 aliphatic carbocycles. The maximum Gasteiger partial charge on any atom is 0.128 e. The highest BCUT2D eigenvalue weighted by Gasteiger charge is 2.25. The van der Waals surface area contributed by atoms with Crippen molar-refractivity contribution in [3.8, 4) is 0 Å². The number of rotatable bonds is 4. The third-order valence-corrected chi connectivity index (χ3v) is 4.80. The first-order chi connectivity index (χ1) is 10.2. The Kier molecular flexibility index (Phi) is 4.79. The summed E-state index contributed by atoms with van der Waals surface area (Å²) >= 11 is 0. The molecule has 0 aromatic carbocycles. The van der Waals surface area contributed by atoms with Crippen molar-refractivity contribution in [2.75, 3.05) is 31.1 Å². The summed E-state index contributed by atoms with van der Waals surface area (Å²) in [5.74, 6) is 1.91. The normalized spacial score (nSPS) is 24.0. The molecule has 3 nitrogen and oxygen atoms in total. The Morgan fingerprint density at radius 3 is 2.52 bits per heavy atom. The van der Waals surface area contributed by atoms with Crippen LogP contribution in [-0.4, -0.2) is 36.1 Å². The molecule has 0 bridgehead atoms. The Labute approximate surface area is 129 Å². The van der Waals surface area contributed by atoms with Crippen LogP contribution in [0.25, 0.3) is 0 Å². The van der Waals surface area contributed by atoms with Crippen molar-refractivity contribution in [3.05, 3.63) is 23.9 Å². The van der Waals surface area contributed by atoms with Crippen LogP contribution < -0.4 is 4.90 Å². The highest BCUT2D eigenvalue weighted by molar-refractivity contribution is 5.40. The molecule has 2 saturated heterocycles. The monoisotopic (exact) mass is 287 g/mol. The average Bonchev–Trinajstić information content (AvgIpc) is 3.02. The van der Waals surface area contributed by atoms with E-state index in [0.29, 0.717) is 6.04 Å². The van der Waals surface area contributed by atoms with Gasteiger partial charge in [0.25, 0.3) is 0 Å². The van der Waals surface area contributed by atoms with Crippen LogP contribution in [0.2, 0.25) is 0 Å². The van der Waals surface area contributed by atoms with Gasteiger partial charge in [-0.05, 0) is 49.8 Å². The van der Waals surface area contributed by atoms with Crippen LogP contribution >= 0.6 is 0 Å². The van der Waals surface area contributed by atoms with Crippen LogP contribution in [0.5, 0.6) is 0 Å². The van der Waals surface area contributed by atoms with E-state index in [1.54, 1.807) is 0 Å². The Hall–Kier alpha value is -1.09. The zero-order valence-corrected chi connectivity index (χ0v) is 13.6. The molecule has 1 aromatic heterocycles. The standard InChI is InChI=1S/C18H29N3/c1-15(2)14-21-12-4-3-7-17(21)16-8-9-18(19-13-16)20-10-5-6-11-20/h8-9,13,15,17H,3-7,10-12,14H2,1-2H3. The second kappa shape index (κ2) is 6.78. The second-order valence-corrected chi connectivity index (χ2v) is 7.04. The number of anilines is 1. The number of nitrogens with zero attached hydrogens (tertiary/aromatic N) is 3. The summed E-state index contributed by atoms with van der Waals surface area (Å²) in [6.07, 6.45) is 8.76. The van der Waals surface area contributed by atoms with E-state index in [0.717, 1.165) is 5.92 Å². The third-order valence-electron chi connectivity index (χ3n) is 4.80. The van der Waals surface area contributed by atoms with Crippen molar-refractivity contribution in [1.29, 1.82) is 0 Å². The van der Waals surface area contributed by atoms with E-state index in [9.17, 15) is 0 Å².